The summed E-state index contributed by atoms with van der Waals surface area (Å²) in [6.07, 6.45) is 0. The summed E-state index contributed by atoms with van der Waals surface area (Å²) in [4.78, 5) is -1.07. The molecule has 0 saturated heterocycles. The van der Waals surface area contributed by atoms with E-state index >= 15 is 0 Å². The van der Waals surface area contributed by atoms with Crippen LogP contribution in [0.3, 0.4) is 0 Å². The summed E-state index contributed by atoms with van der Waals surface area (Å²) in [5, 5.41) is 9.95. The summed E-state index contributed by atoms with van der Waals surface area (Å²) in [5.74, 6) is -0.693. The van der Waals surface area contributed by atoms with Crippen molar-refractivity contribution in [2.45, 2.75) is 9.79 Å². The molecule has 0 amide bonds. The van der Waals surface area contributed by atoms with Crippen molar-refractivity contribution in [3.63, 3.8) is 0 Å². The molecule has 0 spiro atoms. The first-order valence-electron chi connectivity index (χ1n) is 4.81. The van der Waals surface area contributed by atoms with E-state index in [-0.39, 0.29) is 15.7 Å². The molecule has 0 saturated carbocycles. The van der Waals surface area contributed by atoms with E-state index in [2.05, 4.69) is 0 Å². The predicted molar refractivity (Wildman–Crippen MR) is 65.2 cm³/mol. The largest absolute Gasteiger partial charge is 0.506 e. The molecule has 9 heteroatoms. The third kappa shape index (κ3) is 2.54. The van der Waals surface area contributed by atoms with Gasteiger partial charge in [0, 0.05) is 5.39 Å². The van der Waals surface area contributed by atoms with Gasteiger partial charge in [0.2, 0.25) is 0 Å². The maximum absolute atomic E-state index is 11.0. The number of rotatable bonds is 2. The summed E-state index contributed by atoms with van der Waals surface area (Å²) >= 11 is 0. The SMILES string of the molecule is O=S(=O)(O)c1ccc2c(O)c(S(=O)(=O)O)ccc2c1. The molecule has 0 aromatic heterocycles. The van der Waals surface area contributed by atoms with E-state index in [0.29, 0.717) is 0 Å². The highest BCUT2D eigenvalue weighted by atomic mass is 32.2. The zero-order chi connectivity index (χ0) is 14.4. The number of benzene rings is 2. The lowest BCUT2D eigenvalue weighted by Crippen LogP contribution is -2.00. The number of aromatic hydroxyl groups is 1. The Morgan fingerprint density at radius 1 is 0.842 bits per heavy atom. The normalized spacial score (nSPS) is 12.7. The van der Waals surface area contributed by atoms with Crippen molar-refractivity contribution in [2.75, 3.05) is 0 Å². The molecule has 0 bridgehead atoms. The zero-order valence-electron chi connectivity index (χ0n) is 9.18. The van der Waals surface area contributed by atoms with Gasteiger partial charge in [0.05, 0.1) is 4.90 Å². The van der Waals surface area contributed by atoms with E-state index in [1.807, 2.05) is 0 Å². The van der Waals surface area contributed by atoms with Crippen LogP contribution in [-0.2, 0) is 20.2 Å². The van der Waals surface area contributed by atoms with Gasteiger partial charge in [-0.1, -0.05) is 6.07 Å². The molecule has 0 fully saturated rings. The van der Waals surface area contributed by atoms with E-state index in [1.165, 1.54) is 6.07 Å². The zero-order valence-corrected chi connectivity index (χ0v) is 10.8. The second kappa shape index (κ2) is 4.17. The second-order valence-electron chi connectivity index (χ2n) is 3.75. The summed E-state index contributed by atoms with van der Waals surface area (Å²) in [7, 11) is -8.98. The van der Waals surface area contributed by atoms with Crippen molar-refractivity contribution in [1.82, 2.24) is 0 Å². The first-order chi connectivity index (χ1) is 8.60. The number of hydrogen-bond donors (Lipinski definition) is 3. The Bertz CT molecular complexity index is 866. The van der Waals surface area contributed by atoms with Crippen LogP contribution in [-0.4, -0.2) is 31.0 Å². The molecule has 0 radical (unpaired) electrons. The molecule has 0 heterocycles. The molecule has 3 N–H and O–H groups in total. The monoisotopic (exact) mass is 304 g/mol. The maximum Gasteiger partial charge on any atom is 0.298 e. The first kappa shape index (κ1) is 13.7. The lowest BCUT2D eigenvalue weighted by molar-refractivity contribution is 0.448. The van der Waals surface area contributed by atoms with E-state index in [1.54, 1.807) is 0 Å². The van der Waals surface area contributed by atoms with Crippen molar-refractivity contribution in [3.8, 4) is 5.75 Å². The Labute approximate surface area is 108 Å². The van der Waals surface area contributed by atoms with Gasteiger partial charge in [-0.25, -0.2) is 0 Å². The van der Waals surface area contributed by atoms with E-state index in [4.69, 9.17) is 9.11 Å². The standard InChI is InChI=1S/C10H8O7S2/c11-10-8-3-2-7(18(12,13)14)5-6(8)1-4-9(10)19(15,16)17/h1-5,11H,(H,12,13,14)(H,15,16,17). The van der Waals surface area contributed by atoms with E-state index in [9.17, 15) is 21.9 Å². The molecule has 19 heavy (non-hydrogen) atoms. The quantitative estimate of drug-likeness (QED) is 0.707. The van der Waals surface area contributed by atoms with Crippen molar-refractivity contribution in [2.24, 2.45) is 0 Å². The molecule has 2 aromatic rings. The highest BCUT2D eigenvalue weighted by molar-refractivity contribution is 7.86. The molecule has 0 aliphatic rings. The maximum atomic E-state index is 11.0. The topological polar surface area (TPSA) is 129 Å². The molecule has 2 rings (SSSR count). The van der Waals surface area contributed by atoms with Gasteiger partial charge in [-0.05, 0) is 29.7 Å². The molecule has 102 valence electrons. The van der Waals surface area contributed by atoms with Crippen molar-refractivity contribution < 1.29 is 31.0 Å². The Kier molecular flexibility index (Phi) is 3.01. The molecule has 0 atom stereocenters. The lowest BCUT2D eigenvalue weighted by atomic mass is 10.1. The van der Waals surface area contributed by atoms with Gasteiger partial charge in [-0.2, -0.15) is 16.8 Å². The summed E-state index contributed by atoms with van der Waals surface area (Å²) in [5.41, 5.74) is 0. The molecular weight excluding hydrogens is 296 g/mol. The third-order valence-electron chi connectivity index (χ3n) is 2.50. The minimum absolute atomic E-state index is 0.0301. The lowest BCUT2D eigenvalue weighted by Gasteiger charge is -2.06. The van der Waals surface area contributed by atoms with Crippen LogP contribution < -0.4 is 0 Å². The van der Waals surface area contributed by atoms with Gasteiger partial charge in [0.15, 0.2) is 0 Å². The minimum Gasteiger partial charge on any atom is -0.506 e. The number of phenolic OH excluding ortho intramolecular Hbond substituents is 1. The van der Waals surface area contributed by atoms with Crippen molar-refractivity contribution in [1.29, 1.82) is 0 Å². The van der Waals surface area contributed by atoms with Gasteiger partial charge >= 0.3 is 0 Å². The molecule has 0 unspecified atom stereocenters. The molecule has 7 nitrogen and oxygen atoms in total. The second-order valence-corrected chi connectivity index (χ2v) is 6.56. The average molecular weight is 304 g/mol. The number of phenols is 1. The van der Waals surface area contributed by atoms with Crippen LogP contribution in [0, 0.1) is 0 Å². The Morgan fingerprint density at radius 2 is 1.47 bits per heavy atom. The van der Waals surface area contributed by atoms with Crippen molar-refractivity contribution >= 4 is 31.0 Å². The van der Waals surface area contributed by atoms with Gasteiger partial charge in [0.25, 0.3) is 20.2 Å². The van der Waals surface area contributed by atoms with E-state index < -0.39 is 30.9 Å². The van der Waals surface area contributed by atoms with Crippen LogP contribution in [0.15, 0.2) is 40.1 Å². The van der Waals surface area contributed by atoms with Crippen LogP contribution >= 0.6 is 0 Å². The minimum atomic E-state index is -4.58. The van der Waals surface area contributed by atoms with E-state index in [0.717, 1.165) is 24.3 Å². The fourth-order valence-electron chi connectivity index (χ4n) is 1.64. The Balaban J connectivity index is 2.82. The molecular formula is C10H8O7S2. The Hall–Kier alpha value is -1.68. The summed E-state index contributed by atoms with van der Waals surface area (Å²) in [6, 6.07) is 5.33. The van der Waals surface area contributed by atoms with Gasteiger partial charge < -0.3 is 5.11 Å². The molecule has 0 aliphatic carbocycles. The highest BCUT2D eigenvalue weighted by Gasteiger charge is 2.18. The van der Waals surface area contributed by atoms with Gasteiger partial charge in [-0.15, -0.1) is 0 Å². The highest BCUT2D eigenvalue weighted by Crippen LogP contribution is 2.32. The number of fused-ring (bicyclic) bond motifs is 1. The average Bonchev–Trinajstić information content (AvgIpc) is 2.26. The molecule has 2 aromatic carbocycles. The first-order valence-corrected chi connectivity index (χ1v) is 7.69. The van der Waals surface area contributed by atoms with Crippen LogP contribution in [0.25, 0.3) is 10.8 Å². The number of hydrogen-bond acceptors (Lipinski definition) is 5. The fraction of sp³-hybridized carbons (Fsp3) is 0. The smallest absolute Gasteiger partial charge is 0.298 e. The van der Waals surface area contributed by atoms with Crippen LogP contribution in [0.1, 0.15) is 0 Å². The summed E-state index contributed by atoms with van der Waals surface area (Å²) in [6.45, 7) is 0. The van der Waals surface area contributed by atoms with Crippen LogP contribution in [0.5, 0.6) is 5.75 Å². The Morgan fingerprint density at radius 3 is 2.00 bits per heavy atom. The fourth-order valence-corrected chi connectivity index (χ4v) is 2.75. The molecule has 0 aliphatic heterocycles. The predicted octanol–water partition coefficient (Wildman–Crippen LogP) is 1.04. The van der Waals surface area contributed by atoms with Crippen LogP contribution in [0.2, 0.25) is 0 Å². The van der Waals surface area contributed by atoms with Gasteiger partial charge in [0.1, 0.15) is 10.6 Å². The van der Waals surface area contributed by atoms with Crippen LogP contribution in [0.4, 0.5) is 0 Å². The van der Waals surface area contributed by atoms with Crippen molar-refractivity contribution in [3.05, 3.63) is 30.3 Å². The summed E-state index contributed by atoms with van der Waals surface area (Å²) < 4.78 is 61.6. The third-order valence-corrected chi connectivity index (χ3v) is 4.24. The van der Waals surface area contributed by atoms with Gasteiger partial charge in [-0.3, -0.25) is 9.11 Å².